The predicted octanol–water partition coefficient (Wildman–Crippen LogP) is 1.61. The number of nitrogens with zero attached hydrogens (tertiary/aromatic N) is 1. The van der Waals surface area contributed by atoms with Crippen molar-refractivity contribution in [1.82, 2.24) is 4.90 Å². The normalized spacial score (nSPS) is 29.5. The van der Waals surface area contributed by atoms with Crippen LogP contribution >= 0.6 is 0 Å². The van der Waals surface area contributed by atoms with E-state index >= 15 is 0 Å². The minimum atomic E-state index is -0.663. The Kier molecular flexibility index (Phi) is 2.44. The maximum absolute atomic E-state index is 12.9. The average molecular weight is 143 g/mol. The molecule has 1 rings (SSSR count). The van der Waals surface area contributed by atoms with E-state index in [0.29, 0.717) is 13.0 Å². The number of likely N-dealkylation sites (N-methyl/N-ethyl adjacent to an activating group) is 1. The molecule has 0 radical (unpaired) electrons. The van der Waals surface area contributed by atoms with Crippen LogP contribution in [0.4, 0.5) is 4.39 Å². The lowest BCUT2D eigenvalue weighted by atomic mass is 10.1. The summed E-state index contributed by atoms with van der Waals surface area (Å²) in [6.07, 6.45) is 2.05. The first kappa shape index (κ1) is 7.73. The average Bonchev–Trinajstić information content (AvgIpc) is 1.93. The van der Waals surface area contributed by atoms with Gasteiger partial charge in [-0.1, -0.05) is 11.6 Å². The smallest absolute Gasteiger partial charge is 0.116 e. The van der Waals surface area contributed by atoms with Crippen molar-refractivity contribution >= 4 is 0 Å². The van der Waals surface area contributed by atoms with E-state index in [1.165, 1.54) is 5.57 Å². The highest BCUT2D eigenvalue weighted by atomic mass is 19.1. The van der Waals surface area contributed by atoms with Crippen molar-refractivity contribution in [1.29, 1.82) is 0 Å². The topological polar surface area (TPSA) is 3.24 Å². The second-order valence-electron chi connectivity index (χ2n) is 3.07. The summed E-state index contributed by atoms with van der Waals surface area (Å²) in [5.74, 6) is 0. The SMILES string of the molecule is CC1=CCN(C)C[C@H](F)C1. The molecule has 0 bridgehead atoms. The summed E-state index contributed by atoms with van der Waals surface area (Å²) in [6.45, 7) is 3.46. The number of hydrogen-bond acceptors (Lipinski definition) is 1. The minimum absolute atomic E-state index is 0.577. The molecular weight excluding hydrogens is 129 g/mol. The van der Waals surface area contributed by atoms with Crippen molar-refractivity contribution in [2.75, 3.05) is 20.1 Å². The van der Waals surface area contributed by atoms with Gasteiger partial charge in [-0.2, -0.15) is 0 Å². The third-order valence-electron chi connectivity index (χ3n) is 1.80. The van der Waals surface area contributed by atoms with Gasteiger partial charge in [0.1, 0.15) is 6.17 Å². The fourth-order valence-electron chi connectivity index (χ4n) is 1.22. The van der Waals surface area contributed by atoms with Gasteiger partial charge in [-0.15, -0.1) is 0 Å². The Balaban J connectivity index is 2.53. The first-order valence-corrected chi connectivity index (χ1v) is 3.66. The van der Waals surface area contributed by atoms with Crippen molar-refractivity contribution in [3.05, 3.63) is 11.6 Å². The molecule has 1 aliphatic heterocycles. The first-order valence-electron chi connectivity index (χ1n) is 3.66. The van der Waals surface area contributed by atoms with Crippen molar-refractivity contribution < 1.29 is 4.39 Å². The van der Waals surface area contributed by atoms with E-state index in [0.717, 1.165) is 6.54 Å². The Labute approximate surface area is 61.5 Å². The van der Waals surface area contributed by atoms with Gasteiger partial charge in [-0.05, 0) is 14.0 Å². The summed E-state index contributed by atoms with van der Waals surface area (Å²) in [4.78, 5) is 2.00. The molecule has 1 atom stereocenters. The van der Waals surface area contributed by atoms with E-state index in [1.807, 2.05) is 18.9 Å². The molecular formula is C8H14FN. The monoisotopic (exact) mass is 143 g/mol. The molecule has 2 heteroatoms. The number of alkyl halides is 1. The van der Waals surface area contributed by atoms with Gasteiger partial charge in [0.05, 0.1) is 0 Å². The molecule has 10 heavy (non-hydrogen) atoms. The second kappa shape index (κ2) is 3.15. The fraction of sp³-hybridized carbons (Fsp3) is 0.750. The standard InChI is InChI=1S/C8H14FN/c1-7-3-4-10(2)6-8(9)5-7/h3,8H,4-6H2,1-2H3/t8-/m1/s1. The summed E-state index contributed by atoms with van der Waals surface area (Å²) in [6, 6.07) is 0. The Hall–Kier alpha value is -0.370. The summed E-state index contributed by atoms with van der Waals surface area (Å²) >= 11 is 0. The zero-order chi connectivity index (χ0) is 7.56. The quantitative estimate of drug-likeness (QED) is 0.466. The van der Waals surface area contributed by atoms with Gasteiger partial charge >= 0.3 is 0 Å². The zero-order valence-electron chi connectivity index (χ0n) is 6.60. The van der Waals surface area contributed by atoms with E-state index in [4.69, 9.17) is 0 Å². The van der Waals surface area contributed by atoms with Crippen LogP contribution in [0.3, 0.4) is 0 Å². The van der Waals surface area contributed by atoms with Crippen LogP contribution in [-0.2, 0) is 0 Å². The lowest BCUT2D eigenvalue weighted by Crippen LogP contribution is -2.24. The number of halogens is 1. The molecule has 0 amide bonds. The molecule has 0 N–H and O–H groups in total. The molecule has 58 valence electrons. The van der Waals surface area contributed by atoms with Crippen LogP contribution in [0.5, 0.6) is 0 Å². The van der Waals surface area contributed by atoms with Gasteiger partial charge in [0.2, 0.25) is 0 Å². The van der Waals surface area contributed by atoms with Crippen LogP contribution in [0.1, 0.15) is 13.3 Å². The number of hydrogen-bond donors (Lipinski definition) is 0. The fourth-order valence-corrected chi connectivity index (χ4v) is 1.22. The first-order chi connectivity index (χ1) is 4.68. The maximum Gasteiger partial charge on any atom is 0.116 e. The Morgan fingerprint density at radius 2 is 2.40 bits per heavy atom. The highest BCUT2D eigenvalue weighted by Gasteiger charge is 2.13. The van der Waals surface area contributed by atoms with E-state index in [2.05, 4.69) is 6.08 Å². The van der Waals surface area contributed by atoms with Gasteiger partial charge in [0.15, 0.2) is 0 Å². The Morgan fingerprint density at radius 1 is 1.70 bits per heavy atom. The largest absolute Gasteiger partial charge is 0.300 e. The molecule has 0 saturated heterocycles. The van der Waals surface area contributed by atoms with Gasteiger partial charge < -0.3 is 0 Å². The van der Waals surface area contributed by atoms with Crippen LogP contribution < -0.4 is 0 Å². The third kappa shape index (κ3) is 2.10. The number of rotatable bonds is 0. The Morgan fingerprint density at radius 3 is 3.10 bits per heavy atom. The number of allylic oxidation sites excluding steroid dienone is 1. The van der Waals surface area contributed by atoms with Crippen molar-refractivity contribution in [2.24, 2.45) is 0 Å². The van der Waals surface area contributed by atoms with E-state index in [1.54, 1.807) is 0 Å². The van der Waals surface area contributed by atoms with E-state index < -0.39 is 6.17 Å². The molecule has 0 aromatic heterocycles. The molecule has 0 saturated carbocycles. The third-order valence-corrected chi connectivity index (χ3v) is 1.80. The molecule has 0 spiro atoms. The zero-order valence-corrected chi connectivity index (χ0v) is 6.60. The summed E-state index contributed by atoms with van der Waals surface area (Å²) in [7, 11) is 1.95. The van der Waals surface area contributed by atoms with Crippen LogP contribution in [-0.4, -0.2) is 31.2 Å². The van der Waals surface area contributed by atoms with E-state index in [-0.39, 0.29) is 0 Å². The van der Waals surface area contributed by atoms with Crippen molar-refractivity contribution in [3.8, 4) is 0 Å². The van der Waals surface area contributed by atoms with Gasteiger partial charge in [-0.25, -0.2) is 4.39 Å². The van der Waals surface area contributed by atoms with Gasteiger partial charge in [0.25, 0.3) is 0 Å². The van der Waals surface area contributed by atoms with Crippen LogP contribution in [0.2, 0.25) is 0 Å². The summed E-state index contributed by atoms with van der Waals surface area (Å²) in [5.41, 5.74) is 1.18. The maximum atomic E-state index is 12.9. The summed E-state index contributed by atoms with van der Waals surface area (Å²) in [5, 5.41) is 0. The van der Waals surface area contributed by atoms with Crippen molar-refractivity contribution in [3.63, 3.8) is 0 Å². The second-order valence-corrected chi connectivity index (χ2v) is 3.07. The molecule has 1 nitrogen and oxygen atoms in total. The molecule has 1 aliphatic rings. The minimum Gasteiger partial charge on any atom is -0.300 e. The van der Waals surface area contributed by atoms with Crippen LogP contribution in [0.15, 0.2) is 11.6 Å². The van der Waals surface area contributed by atoms with Crippen molar-refractivity contribution in [2.45, 2.75) is 19.5 Å². The highest BCUT2D eigenvalue weighted by Crippen LogP contribution is 2.12. The lowest BCUT2D eigenvalue weighted by molar-refractivity contribution is 0.240. The highest BCUT2D eigenvalue weighted by molar-refractivity contribution is 5.03. The lowest BCUT2D eigenvalue weighted by Gasteiger charge is -2.13. The summed E-state index contributed by atoms with van der Waals surface area (Å²) < 4.78 is 12.9. The van der Waals surface area contributed by atoms with Crippen LogP contribution in [0.25, 0.3) is 0 Å². The molecule has 0 aromatic rings. The molecule has 0 fully saturated rings. The van der Waals surface area contributed by atoms with Gasteiger partial charge in [-0.3, -0.25) is 4.90 Å². The molecule has 0 aliphatic carbocycles. The van der Waals surface area contributed by atoms with E-state index in [9.17, 15) is 4.39 Å². The van der Waals surface area contributed by atoms with Gasteiger partial charge in [0, 0.05) is 19.5 Å². The molecule has 1 heterocycles. The van der Waals surface area contributed by atoms with Crippen LogP contribution in [0, 0.1) is 0 Å². The predicted molar refractivity (Wildman–Crippen MR) is 40.8 cm³/mol. The molecule has 0 aromatic carbocycles. The molecule has 0 unspecified atom stereocenters. The Bertz CT molecular complexity index is 142.